The van der Waals surface area contributed by atoms with Crippen LogP contribution in [0.2, 0.25) is 0 Å². The van der Waals surface area contributed by atoms with Gasteiger partial charge in [0.2, 0.25) is 5.91 Å². The smallest absolute Gasteiger partial charge is 0.236 e. The molecule has 0 bridgehead atoms. The van der Waals surface area contributed by atoms with Crippen molar-refractivity contribution in [3.63, 3.8) is 0 Å². The van der Waals surface area contributed by atoms with Crippen LogP contribution in [-0.2, 0) is 11.3 Å². The summed E-state index contributed by atoms with van der Waals surface area (Å²) in [5.41, 5.74) is 5.52. The first kappa shape index (κ1) is 15.2. The number of rotatable bonds is 4. The molecule has 1 aromatic rings. The van der Waals surface area contributed by atoms with Crippen LogP contribution in [0.15, 0.2) is 6.20 Å². The van der Waals surface area contributed by atoms with E-state index in [0.717, 1.165) is 4.88 Å². The minimum absolute atomic E-state index is 0. The number of hydrogen-bond acceptors (Lipinski definition) is 5. The van der Waals surface area contributed by atoms with Gasteiger partial charge in [0.15, 0.2) is 5.13 Å². The zero-order valence-corrected chi connectivity index (χ0v) is 11.3. The number of thiazole rings is 1. The van der Waals surface area contributed by atoms with Gasteiger partial charge in [-0.15, -0.1) is 23.7 Å². The average molecular weight is 265 g/mol. The highest BCUT2D eigenvalue weighted by Crippen LogP contribution is 2.15. The zero-order chi connectivity index (χ0) is 11.4. The largest absolute Gasteiger partial charge is 0.375 e. The molecule has 92 valence electrons. The number of aromatic nitrogens is 1. The fourth-order valence-electron chi connectivity index (χ4n) is 1.09. The minimum Gasteiger partial charge on any atom is -0.375 e. The molecule has 0 fully saturated rings. The molecule has 7 heteroatoms. The van der Waals surface area contributed by atoms with Gasteiger partial charge in [0.1, 0.15) is 0 Å². The van der Waals surface area contributed by atoms with Gasteiger partial charge in [-0.2, -0.15) is 0 Å². The van der Waals surface area contributed by atoms with Gasteiger partial charge in [0, 0.05) is 31.7 Å². The molecule has 2 N–H and O–H groups in total. The molecule has 1 aromatic heterocycles. The van der Waals surface area contributed by atoms with Crippen molar-refractivity contribution in [1.29, 1.82) is 0 Å². The number of carbonyl (C=O) groups excluding carboxylic acids is 1. The molecule has 1 amide bonds. The second-order valence-electron chi connectivity index (χ2n) is 3.63. The number of anilines is 1. The fourth-order valence-corrected chi connectivity index (χ4v) is 1.85. The molecular formula is C9H17ClN4OS. The number of likely N-dealkylation sites (N-methyl/N-ethyl adjacent to an activating group) is 2. The van der Waals surface area contributed by atoms with E-state index in [1.165, 1.54) is 11.3 Å². The monoisotopic (exact) mass is 264 g/mol. The number of nitrogen functional groups attached to an aromatic ring is 1. The van der Waals surface area contributed by atoms with Gasteiger partial charge in [-0.05, 0) is 7.05 Å². The highest BCUT2D eigenvalue weighted by atomic mass is 35.5. The Labute approximate surface area is 106 Å². The molecular weight excluding hydrogens is 248 g/mol. The summed E-state index contributed by atoms with van der Waals surface area (Å²) in [5, 5.41) is 0.567. The topological polar surface area (TPSA) is 62.5 Å². The summed E-state index contributed by atoms with van der Waals surface area (Å²) in [4.78, 5) is 19.9. The molecule has 0 aliphatic heterocycles. The van der Waals surface area contributed by atoms with Crippen molar-refractivity contribution in [1.82, 2.24) is 14.8 Å². The number of carbonyl (C=O) groups is 1. The SMILES string of the molecule is CN(CC(=O)N(C)C)Cc1cnc(N)s1.Cl. The first-order chi connectivity index (χ1) is 6.99. The van der Waals surface area contributed by atoms with Crippen molar-refractivity contribution in [2.45, 2.75) is 6.54 Å². The molecule has 0 spiro atoms. The summed E-state index contributed by atoms with van der Waals surface area (Å²) in [7, 11) is 5.40. The third kappa shape index (κ3) is 4.78. The van der Waals surface area contributed by atoms with Gasteiger partial charge in [-0.3, -0.25) is 9.69 Å². The highest BCUT2D eigenvalue weighted by molar-refractivity contribution is 7.15. The Balaban J connectivity index is 0.00000225. The van der Waals surface area contributed by atoms with Crippen LogP contribution in [0.25, 0.3) is 0 Å². The van der Waals surface area contributed by atoms with Crippen LogP contribution >= 0.6 is 23.7 Å². The van der Waals surface area contributed by atoms with Crippen LogP contribution in [0, 0.1) is 0 Å². The highest BCUT2D eigenvalue weighted by Gasteiger charge is 2.09. The van der Waals surface area contributed by atoms with Gasteiger partial charge in [0.05, 0.1) is 6.54 Å². The van der Waals surface area contributed by atoms with Gasteiger partial charge < -0.3 is 10.6 Å². The average Bonchev–Trinajstić information content (AvgIpc) is 2.50. The van der Waals surface area contributed by atoms with Crippen molar-refractivity contribution < 1.29 is 4.79 Å². The molecule has 0 atom stereocenters. The lowest BCUT2D eigenvalue weighted by atomic mass is 10.4. The van der Waals surface area contributed by atoms with Gasteiger partial charge >= 0.3 is 0 Å². The number of hydrogen-bond donors (Lipinski definition) is 1. The lowest BCUT2D eigenvalue weighted by Gasteiger charge is -2.17. The Morgan fingerprint density at radius 2 is 2.12 bits per heavy atom. The Kier molecular flexibility index (Phi) is 6.32. The van der Waals surface area contributed by atoms with Gasteiger partial charge in [-0.25, -0.2) is 4.98 Å². The second-order valence-corrected chi connectivity index (χ2v) is 4.77. The lowest BCUT2D eigenvalue weighted by molar-refractivity contribution is -0.129. The summed E-state index contributed by atoms with van der Waals surface area (Å²) in [6.07, 6.45) is 1.75. The van der Waals surface area contributed by atoms with E-state index in [-0.39, 0.29) is 18.3 Å². The van der Waals surface area contributed by atoms with Crippen LogP contribution < -0.4 is 5.73 Å². The van der Waals surface area contributed by atoms with Crippen LogP contribution in [0.5, 0.6) is 0 Å². The number of nitrogens with zero attached hydrogens (tertiary/aromatic N) is 3. The first-order valence-corrected chi connectivity index (χ1v) is 5.39. The fraction of sp³-hybridized carbons (Fsp3) is 0.556. The van der Waals surface area contributed by atoms with Crippen molar-refractivity contribution in [3.05, 3.63) is 11.1 Å². The first-order valence-electron chi connectivity index (χ1n) is 4.58. The third-order valence-corrected chi connectivity index (χ3v) is 2.71. The number of nitrogens with two attached hydrogens (primary N) is 1. The van der Waals surface area contributed by atoms with E-state index in [2.05, 4.69) is 4.98 Å². The Morgan fingerprint density at radius 1 is 1.50 bits per heavy atom. The third-order valence-electron chi connectivity index (χ3n) is 1.90. The summed E-state index contributed by atoms with van der Waals surface area (Å²) in [6.45, 7) is 1.11. The maximum atomic E-state index is 11.4. The Bertz CT molecular complexity index is 342. The van der Waals surface area contributed by atoms with Crippen LogP contribution in [-0.4, -0.2) is 48.4 Å². The second kappa shape index (κ2) is 6.67. The van der Waals surface area contributed by atoms with E-state index in [9.17, 15) is 4.79 Å². The summed E-state index contributed by atoms with van der Waals surface area (Å²) in [5.74, 6) is 0.0926. The van der Waals surface area contributed by atoms with E-state index in [4.69, 9.17) is 5.73 Å². The van der Waals surface area contributed by atoms with E-state index >= 15 is 0 Å². The van der Waals surface area contributed by atoms with Crippen LogP contribution in [0.1, 0.15) is 4.88 Å². The van der Waals surface area contributed by atoms with E-state index in [0.29, 0.717) is 18.2 Å². The normalized spacial score (nSPS) is 10.0. The maximum Gasteiger partial charge on any atom is 0.236 e. The predicted octanol–water partition coefficient (Wildman–Crippen LogP) is 0.667. The standard InChI is InChI=1S/C9H16N4OS.ClH/c1-12(2)8(14)6-13(3)5-7-4-11-9(10)15-7;/h4H,5-6H2,1-3H3,(H2,10,11);1H. The van der Waals surface area contributed by atoms with Crippen molar-refractivity contribution in [2.24, 2.45) is 0 Å². The van der Waals surface area contributed by atoms with Crippen LogP contribution in [0.3, 0.4) is 0 Å². The van der Waals surface area contributed by atoms with Crippen molar-refractivity contribution >= 4 is 34.8 Å². The maximum absolute atomic E-state index is 11.4. The lowest BCUT2D eigenvalue weighted by Crippen LogP contribution is -2.33. The van der Waals surface area contributed by atoms with Gasteiger partial charge in [0.25, 0.3) is 0 Å². The zero-order valence-electron chi connectivity index (χ0n) is 9.64. The van der Waals surface area contributed by atoms with Crippen LogP contribution in [0.4, 0.5) is 5.13 Å². The minimum atomic E-state index is 0. The van der Waals surface area contributed by atoms with E-state index in [1.54, 1.807) is 25.2 Å². The summed E-state index contributed by atoms with van der Waals surface area (Å²) < 4.78 is 0. The van der Waals surface area contributed by atoms with E-state index in [1.807, 2.05) is 11.9 Å². The molecule has 0 radical (unpaired) electrons. The number of halogens is 1. The molecule has 1 heterocycles. The summed E-state index contributed by atoms with van der Waals surface area (Å²) >= 11 is 1.45. The molecule has 0 aromatic carbocycles. The molecule has 16 heavy (non-hydrogen) atoms. The molecule has 5 nitrogen and oxygen atoms in total. The molecule has 0 aliphatic carbocycles. The Morgan fingerprint density at radius 3 is 2.56 bits per heavy atom. The summed E-state index contributed by atoms with van der Waals surface area (Å²) in [6, 6.07) is 0. The van der Waals surface area contributed by atoms with Gasteiger partial charge in [-0.1, -0.05) is 0 Å². The molecule has 0 unspecified atom stereocenters. The number of amides is 1. The van der Waals surface area contributed by atoms with E-state index < -0.39 is 0 Å². The molecule has 0 saturated carbocycles. The molecule has 0 aliphatic rings. The van der Waals surface area contributed by atoms with Crippen molar-refractivity contribution in [3.8, 4) is 0 Å². The quantitative estimate of drug-likeness (QED) is 0.868. The Hall–Kier alpha value is -0.850. The predicted molar refractivity (Wildman–Crippen MR) is 68.8 cm³/mol. The molecule has 1 rings (SSSR count). The van der Waals surface area contributed by atoms with Crippen molar-refractivity contribution in [2.75, 3.05) is 33.4 Å². The molecule has 0 saturated heterocycles.